The fourth-order valence-corrected chi connectivity index (χ4v) is 2.71. The summed E-state index contributed by atoms with van der Waals surface area (Å²) in [6, 6.07) is 17.3. The third-order valence-corrected chi connectivity index (χ3v) is 4.24. The quantitative estimate of drug-likeness (QED) is 0.677. The normalized spacial score (nSPS) is 10.3. The first-order valence-electron chi connectivity index (χ1n) is 7.80. The van der Waals surface area contributed by atoms with Crippen molar-refractivity contribution in [3.05, 3.63) is 82.1 Å². The number of para-hydroxylation sites is 1. The van der Waals surface area contributed by atoms with Crippen LogP contribution in [0.25, 0.3) is 0 Å². The second-order valence-electron chi connectivity index (χ2n) is 5.54. The van der Waals surface area contributed by atoms with Crippen molar-refractivity contribution >= 4 is 33.5 Å². The highest BCUT2D eigenvalue weighted by molar-refractivity contribution is 9.10. The van der Waals surface area contributed by atoms with Gasteiger partial charge in [-0.25, -0.2) is 9.97 Å². The van der Waals surface area contributed by atoms with Crippen molar-refractivity contribution in [2.24, 2.45) is 0 Å². The number of nitrogens with one attached hydrogen (secondary N) is 2. The van der Waals surface area contributed by atoms with E-state index >= 15 is 0 Å². The van der Waals surface area contributed by atoms with Crippen LogP contribution in [0.1, 0.15) is 21.6 Å². The van der Waals surface area contributed by atoms with Gasteiger partial charge in [0.2, 0.25) is 5.95 Å². The Balaban J connectivity index is 1.68. The van der Waals surface area contributed by atoms with Gasteiger partial charge in [-0.3, -0.25) is 4.79 Å². The molecule has 2 aromatic carbocycles. The molecule has 0 spiro atoms. The molecule has 1 aromatic heterocycles. The van der Waals surface area contributed by atoms with Gasteiger partial charge >= 0.3 is 0 Å². The van der Waals surface area contributed by atoms with Crippen LogP contribution in [-0.2, 0) is 6.54 Å². The third-order valence-electron chi connectivity index (χ3n) is 3.54. The molecular formula is C19H17BrN4O. The lowest BCUT2D eigenvalue weighted by atomic mass is 10.1. The number of rotatable bonds is 5. The van der Waals surface area contributed by atoms with Crippen molar-refractivity contribution in [3.63, 3.8) is 0 Å². The maximum Gasteiger partial charge on any atom is 0.270 e. The number of hydrogen-bond acceptors (Lipinski definition) is 4. The van der Waals surface area contributed by atoms with Gasteiger partial charge in [0.15, 0.2) is 0 Å². The first-order valence-corrected chi connectivity index (χ1v) is 8.59. The van der Waals surface area contributed by atoms with Gasteiger partial charge in [0.1, 0.15) is 5.69 Å². The van der Waals surface area contributed by atoms with Crippen molar-refractivity contribution in [1.29, 1.82) is 0 Å². The van der Waals surface area contributed by atoms with Gasteiger partial charge < -0.3 is 10.6 Å². The Hall–Kier alpha value is -2.73. The molecule has 0 bridgehead atoms. The molecule has 1 amide bonds. The second-order valence-corrected chi connectivity index (χ2v) is 6.40. The highest BCUT2D eigenvalue weighted by atomic mass is 79.9. The average Bonchev–Trinajstić information content (AvgIpc) is 2.62. The van der Waals surface area contributed by atoms with Gasteiger partial charge in [-0.05, 0) is 46.6 Å². The highest BCUT2D eigenvalue weighted by Crippen LogP contribution is 2.23. The van der Waals surface area contributed by atoms with Crippen molar-refractivity contribution in [2.75, 3.05) is 5.32 Å². The summed E-state index contributed by atoms with van der Waals surface area (Å²) in [5.41, 5.74) is 3.36. The molecule has 0 radical (unpaired) electrons. The van der Waals surface area contributed by atoms with E-state index in [1.54, 1.807) is 12.3 Å². The summed E-state index contributed by atoms with van der Waals surface area (Å²) in [5, 5.41) is 5.98. The molecule has 1 heterocycles. The van der Waals surface area contributed by atoms with Gasteiger partial charge in [-0.2, -0.15) is 0 Å². The molecule has 0 atom stereocenters. The number of benzene rings is 2. The monoisotopic (exact) mass is 396 g/mol. The zero-order chi connectivity index (χ0) is 17.6. The van der Waals surface area contributed by atoms with E-state index in [2.05, 4.69) is 36.5 Å². The summed E-state index contributed by atoms with van der Waals surface area (Å²) in [6.45, 7) is 2.48. The Morgan fingerprint density at radius 1 is 1.12 bits per heavy atom. The summed E-state index contributed by atoms with van der Waals surface area (Å²) in [5.74, 6) is 0.134. The summed E-state index contributed by atoms with van der Waals surface area (Å²) < 4.78 is 0.896. The van der Waals surface area contributed by atoms with Crippen LogP contribution in [0.5, 0.6) is 0 Å². The fraction of sp³-hybridized carbons (Fsp3) is 0.105. The van der Waals surface area contributed by atoms with Crippen LogP contribution in [0.4, 0.5) is 11.6 Å². The van der Waals surface area contributed by atoms with Crippen LogP contribution in [0, 0.1) is 6.92 Å². The Morgan fingerprint density at radius 3 is 2.76 bits per heavy atom. The Kier molecular flexibility index (Phi) is 5.40. The van der Waals surface area contributed by atoms with Gasteiger partial charge in [0.25, 0.3) is 5.91 Å². The summed E-state index contributed by atoms with van der Waals surface area (Å²) >= 11 is 3.46. The molecule has 6 heteroatoms. The van der Waals surface area contributed by atoms with E-state index in [0.29, 0.717) is 18.2 Å². The number of anilines is 2. The van der Waals surface area contributed by atoms with Crippen molar-refractivity contribution in [2.45, 2.75) is 13.5 Å². The maximum atomic E-state index is 12.3. The number of amides is 1. The predicted octanol–water partition coefficient (Wildman–Crippen LogP) is 4.22. The highest BCUT2D eigenvalue weighted by Gasteiger charge is 2.09. The lowest BCUT2D eigenvalue weighted by Gasteiger charge is -2.09. The first kappa shape index (κ1) is 17.1. The molecule has 3 aromatic rings. The SMILES string of the molecule is Cc1cccc(CNC(=O)c2ccnc(Nc3ccccc3Br)n2)c1. The standard InChI is InChI=1S/C19H17BrN4O/c1-13-5-4-6-14(11-13)12-22-18(25)17-9-10-21-19(24-17)23-16-8-3-2-7-15(16)20/h2-11H,12H2,1H3,(H,22,25)(H,21,23,24). The minimum Gasteiger partial charge on any atom is -0.347 e. The lowest BCUT2D eigenvalue weighted by Crippen LogP contribution is -2.24. The van der Waals surface area contributed by atoms with Gasteiger partial charge in [-0.15, -0.1) is 0 Å². The molecule has 3 rings (SSSR count). The molecule has 0 fully saturated rings. The Morgan fingerprint density at radius 2 is 1.96 bits per heavy atom. The predicted molar refractivity (Wildman–Crippen MR) is 102 cm³/mol. The molecule has 25 heavy (non-hydrogen) atoms. The van der Waals surface area contributed by atoms with Crippen LogP contribution in [0.15, 0.2) is 65.3 Å². The van der Waals surface area contributed by atoms with Gasteiger partial charge in [0.05, 0.1) is 5.69 Å². The minimum absolute atomic E-state index is 0.237. The van der Waals surface area contributed by atoms with Crippen molar-refractivity contribution in [1.82, 2.24) is 15.3 Å². The number of nitrogens with zero attached hydrogens (tertiary/aromatic N) is 2. The summed E-state index contributed by atoms with van der Waals surface area (Å²) in [7, 11) is 0. The molecular weight excluding hydrogens is 380 g/mol. The zero-order valence-electron chi connectivity index (χ0n) is 13.7. The Bertz CT molecular complexity index is 898. The van der Waals surface area contributed by atoms with Crippen molar-refractivity contribution < 1.29 is 4.79 Å². The molecule has 0 saturated heterocycles. The van der Waals surface area contributed by atoms with E-state index in [4.69, 9.17) is 0 Å². The van der Waals surface area contributed by atoms with E-state index in [9.17, 15) is 4.79 Å². The molecule has 0 aliphatic carbocycles. The largest absolute Gasteiger partial charge is 0.347 e. The molecule has 0 unspecified atom stereocenters. The fourth-order valence-electron chi connectivity index (χ4n) is 2.32. The van der Waals surface area contributed by atoms with Gasteiger partial charge in [0, 0.05) is 17.2 Å². The number of carbonyl (C=O) groups excluding carboxylic acids is 1. The lowest BCUT2D eigenvalue weighted by molar-refractivity contribution is 0.0946. The van der Waals surface area contributed by atoms with E-state index in [0.717, 1.165) is 21.3 Å². The van der Waals surface area contributed by atoms with E-state index in [1.165, 1.54) is 0 Å². The number of aromatic nitrogens is 2. The van der Waals surface area contributed by atoms with Gasteiger partial charge in [-0.1, -0.05) is 42.0 Å². The number of hydrogen-bond donors (Lipinski definition) is 2. The van der Waals surface area contributed by atoms with Crippen LogP contribution in [-0.4, -0.2) is 15.9 Å². The molecule has 126 valence electrons. The third kappa shape index (κ3) is 4.64. The zero-order valence-corrected chi connectivity index (χ0v) is 15.2. The van der Waals surface area contributed by atoms with E-state index in [-0.39, 0.29) is 5.91 Å². The van der Waals surface area contributed by atoms with E-state index in [1.807, 2.05) is 55.5 Å². The molecule has 0 saturated carbocycles. The minimum atomic E-state index is -0.237. The summed E-state index contributed by atoms with van der Waals surface area (Å²) in [6.07, 6.45) is 1.56. The molecule has 2 N–H and O–H groups in total. The topological polar surface area (TPSA) is 66.9 Å². The number of aryl methyl sites for hydroxylation is 1. The number of halogens is 1. The maximum absolute atomic E-state index is 12.3. The second kappa shape index (κ2) is 7.90. The van der Waals surface area contributed by atoms with Crippen LogP contribution in [0.3, 0.4) is 0 Å². The number of carbonyl (C=O) groups is 1. The summed E-state index contributed by atoms with van der Waals surface area (Å²) in [4.78, 5) is 20.8. The Labute approximate surface area is 154 Å². The smallest absolute Gasteiger partial charge is 0.270 e. The first-order chi connectivity index (χ1) is 12.1. The van der Waals surface area contributed by atoms with E-state index < -0.39 is 0 Å². The molecule has 0 aliphatic rings. The molecule has 0 aliphatic heterocycles. The average molecular weight is 397 g/mol. The molecule has 5 nitrogen and oxygen atoms in total. The van der Waals surface area contributed by atoms with Crippen LogP contribution in [0.2, 0.25) is 0 Å². The van der Waals surface area contributed by atoms with Crippen LogP contribution < -0.4 is 10.6 Å². The van der Waals surface area contributed by atoms with Crippen molar-refractivity contribution in [3.8, 4) is 0 Å². The van der Waals surface area contributed by atoms with Crippen LogP contribution >= 0.6 is 15.9 Å².